The summed E-state index contributed by atoms with van der Waals surface area (Å²) in [5.41, 5.74) is 5.23. The van der Waals surface area contributed by atoms with Gasteiger partial charge in [-0.2, -0.15) is 5.10 Å². The molecule has 1 amide bonds. The van der Waals surface area contributed by atoms with E-state index >= 15 is 0 Å². The molecule has 0 aliphatic carbocycles. The molecule has 1 N–H and O–H groups in total. The summed E-state index contributed by atoms with van der Waals surface area (Å²) in [6, 6.07) is 16.8. The Hall–Kier alpha value is -4.05. The first kappa shape index (κ1) is 28.5. The van der Waals surface area contributed by atoms with Gasteiger partial charge in [0, 0.05) is 6.07 Å². The number of hydrazone groups is 1. The summed E-state index contributed by atoms with van der Waals surface area (Å²) in [5.74, 6) is 0.767. The van der Waals surface area contributed by atoms with Gasteiger partial charge in [0.1, 0.15) is 12.3 Å². The zero-order valence-corrected chi connectivity index (χ0v) is 23.2. The standard InChI is InChI=1S/C28H33N3O6S/c1-19(2)37-24-9-7-22(8-10-24)17-29-30-28(32)18-31(23-14-20(3)13-21(4)15-23)38(33,34)25-11-12-26(35-5)27(16-25)36-6/h7-17,19H,18H2,1-6H3,(H,30,32)/b29-17-. The maximum atomic E-state index is 13.8. The van der Waals surface area contributed by atoms with E-state index in [1.54, 1.807) is 36.4 Å². The van der Waals surface area contributed by atoms with E-state index in [2.05, 4.69) is 10.5 Å². The maximum Gasteiger partial charge on any atom is 0.264 e. The van der Waals surface area contributed by atoms with Crippen molar-refractivity contribution < 1.29 is 27.4 Å². The number of aryl methyl sites for hydroxylation is 2. The van der Waals surface area contributed by atoms with Gasteiger partial charge < -0.3 is 14.2 Å². The van der Waals surface area contributed by atoms with Crippen LogP contribution in [0.2, 0.25) is 0 Å². The Morgan fingerprint density at radius 1 is 0.947 bits per heavy atom. The van der Waals surface area contributed by atoms with E-state index in [0.717, 1.165) is 26.7 Å². The van der Waals surface area contributed by atoms with E-state index in [9.17, 15) is 13.2 Å². The van der Waals surface area contributed by atoms with Gasteiger partial charge >= 0.3 is 0 Å². The summed E-state index contributed by atoms with van der Waals surface area (Å²) in [6.45, 7) is 7.12. The smallest absolute Gasteiger partial charge is 0.264 e. The minimum Gasteiger partial charge on any atom is -0.493 e. The number of sulfonamides is 1. The number of nitrogens with one attached hydrogen (secondary N) is 1. The Morgan fingerprint density at radius 3 is 2.16 bits per heavy atom. The molecule has 0 radical (unpaired) electrons. The second-order valence-electron chi connectivity index (χ2n) is 8.90. The quantitative estimate of drug-likeness (QED) is 0.285. The van der Waals surface area contributed by atoms with E-state index < -0.39 is 22.5 Å². The van der Waals surface area contributed by atoms with Crippen LogP contribution in [0.5, 0.6) is 17.2 Å². The number of nitrogens with zero attached hydrogens (tertiary/aromatic N) is 2. The van der Waals surface area contributed by atoms with Crippen LogP contribution in [0.1, 0.15) is 30.5 Å². The number of carbonyl (C=O) groups excluding carboxylic acids is 1. The number of amides is 1. The molecule has 0 saturated carbocycles. The molecule has 3 aromatic carbocycles. The number of carbonyl (C=O) groups is 1. The predicted molar refractivity (Wildman–Crippen MR) is 148 cm³/mol. The summed E-state index contributed by atoms with van der Waals surface area (Å²) in [4.78, 5) is 12.8. The summed E-state index contributed by atoms with van der Waals surface area (Å²) in [5, 5.41) is 4.00. The van der Waals surface area contributed by atoms with Crippen molar-refractivity contribution >= 4 is 27.8 Å². The average Bonchev–Trinajstić information content (AvgIpc) is 2.86. The van der Waals surface area contributed by atoms with E-state index in [1.165, 1.54) is 38.6 Å². The first-order valence-electron chi connectivity index (χ1n) is 11.9. The fourth-order valence-electron chi connectivity index (χ4n) is 3.76. The van der Waals surface area contributed by atoms with Crippen molar-refractivity contribution in [1.82, 2.24) is 5.43 Å². The zero-order chi connectivity index (χ0) is 27.9. The molecule has 0 bridgehead atoms. The fourth-order valence-corrected chi connectivity index (χ4v) is 5.18. The monoisotopic (exact) mass is 539 g/mol. The molecule has 0 aromatic heterocycles. The number of hydrogen-bond acceptors (Lipinski definition) is 7. The molecule has 0 aliphatic rings. The lowest BCUT2D eigenvalue weighted by atomic mass is 10.1. The van der Waals surface area contributed by atoms with Gasteiger partial charge in [-0.1, -0.05) is 6.07 Å². The van der Waals surface area contributed by atoms with Gasteiger partial charge in [0.2, 0.25) is 0 Å². The Bertz CT molecular complexity index is 1380. The van der Waals surface area contributed by atoms with Gasteiger partial charge in [-0.05, 0) is 92.9 Å². The van der Waals surface area contributed by atoms with Gasteiger partial charge in [-0.3, -0.25) is 9.10 Å². The number of methoxy groups -OCH3 is 2. The normalized spacial score (nSPS) is 11.4. The second kappa shape index (κ2) is 12.5. The van der Waals surface area contributed by atoms with Crippen LogP contribution in [-0.4, -0.2) is 47.4 Å². The van der Waals surface area contributed by atoms with Gasteiger partial charge in [0.25, 0.3) is 15.9 Å². The largest absolute Gasteiger partial charge is 0.493 e. The molecule has 0 aliphatic heterocycles. The molecule has 0 unspecified atom stereocenters. The molecule has 202 valence electrons. The van der Waals surface area contributed by atoms with Crippen molar-refractivity contribution in [3.05, 3.63) is 77.4 Å². The van der Waals surface area contributed by atoms with Gasteiger partial charge in [0.15, 0.2) is 11.5 Å². The number of ether oxygens (including phenoxy) is 3. The number of benzene rings is 3. The lowest BCUT2D eigenvalue weighted by Gasteiger charge is -2.25. The van der Waals surface area contributed by atoms with Gasteiger partial charge in [-0.25, -0.2) is 13.8 Å². The molecule has 3 aromatic rings. The molecule has 38 heavy (non-hydrogen) atoms. The highest BCUT2D eigenvalue weighted by atomic mass is 32.2. The number of anilines is 1. The van der Waals surface area contributed by atoms with Crippen LogP contribution in [0, 0.1) is 13.8 Å². The number of hydrogen-bond donors (Lipinski definition) is 1. The van der Waals surface area contributed by atoms with Crippen molar-refractivity contribution in [3.8, 4) is 17.2 Å². The van der Waals surface area contributed by atoms with Crippen LogP contribution in [-0.2, 0) is 14.8 Å². The molecule has 10 heteroatoms. The highest BCUT2D eigenvalue weighted by Crippen LogP contribution is 2.32. The maximum absolute atomic E-state index is 13.8. The van der Waals surface area contributed by atoms with Crippen LogP contribution in [0.25, 0.3) is 0 Å². The van der Waals surface area contributed by atoms with E-state index in [-0.39, 0.29) is 16.7 Å². The van der Waals surface area contributed by atoms with E-state index in [0.29, 0.717) is 11.4 Å². The molecule has 0 heterocycles. The van der Waals surface area contributed by atoms with E-state index in [1.807, 2.05) is 33.8 Å². The minimum atomic E-state index is -4.16. The Balaban J connectivity index is 1.86. The van der Waals surface area contributed by atoms with Crippen LogP contribution in [0.15, 0.2) is 70.7 Å². The Labute approximate surface area is 224 Å². The van der Waals surface area contributed by atoms with Gasteiger partial charge in [-0.15, -0.1) is 0 Å². The zero-order valence-electron chi connectivity index (χ0n) is 22.4. The first-order chi connectivity index (χ1) is 18.0. The average molecular weight is 540 g/mol. The second-order valence-corrected chi connectivity index (χ2v) is 10.8. The molecule has 0 fully saturated rings. The SMILES string of the molecule is COc1ccc(S(=O)(=O)N(CC(=O)N/N=C\c2ccc(OC(C)C)cc2)c2cc(C)cc(C)c2)cc1OC. The van der Waals surface area contributed by atoms with Crippen LogP contribution in [0.4, 0.5) is 5.69 Å². The van der Waals surface area contributed by atoms with Crippen LogP contribution in [0.3, 0.4) is 0 Å². The fraction of sp³-hybridized carbons (Fsp3) is 0.286. The topological polar surface area (TPSA) is 107 Å². The molecular weight excluding hydrogens is 506 g/mol. The number of rotatable bonds is 11. The molecule has 0 saturated heterocycles. The molecule has 0 spiro atoms. The summed E-state index contributed by atoms with van der Waals surface area (Å²) >= 11 is 0. The van der Waals surface area contributed by atoms with Crippen molar-refractivity contribution in [2.45, 2.75) is 38.7 Å². The van der Waals surface area contributed by atoms with Crippen LogP contribution >= 0.6 is 0 Å². The lowest BCUT2D eigenvalue weighted by molar-refractivity contribution is -0.119. The van der Waals surface area contributed by atoms with Crippen molar-refractivity contribution in [2.75, 3.05) is 25.1 Å². The molecular formula is C28H33N3O6S. The highest BCUT2D eigenvalue weighted by molar-refractivity contribution is 7.92. The summed E-state index contributed by atoms with van der Waals surface area (Å²) in [7, 11) is -1.27. The van der Waals surface area contributed by atoms with Crippen molar-refractivity contribution in [2.24, 2.45) is 5.10 Å². The highest BCUT2D eigenvalue weighted by Gasteiger charge is 2.28. The minimum absolute atomic E-state index is 0.0469. The molecule has 3 rings (SSSR count). The molecule has 9 nitrogen and oxygen atoms in total. The summed E-state index contributed by atoms with van der Waals surface area (Å²) in [6.07, 6.45) is 1.53. The van der Waals surface area contributed by atoms with Gasteiger partial charge in [0.05, 0.1) is 37.1 Å². The van der Waals surface area contributed by atoms with Crippen molar-refractivity contribution in [3.63, 3.8) is 0 Å². The third-order valence-corrected chi connectivity index (χ3v) is 7.15. The Kier molecular flexibility index (Phi) is 9.35. The van der Waals surface area contributed by atoms with E-state index in [4.69, 9.17) is 14.2 Å². The summed E-state index contributed by atoms with van der Waals surface area (Å²) < 4.78 is 44.7. The third kappa shape index (κ3) is 7.25. The lowest BCUT2D eigenvalue weighted by Crippen LogP contribution is -2.39. The Morgan fingerprint density at radius 2 is 1.58 bits per heavy atom. The van der Waals surface area contributed by atoms with Crippen LogP contribution < -0.4 is 23.9 Å². The van der Waals surface area contributed by atoms with Crippen molar-refractivity contribution in [1.29, 1.82) is 0 Å². The molecule has 0 atom stereocenters. The predicted octanol–water partition coefficient (Wildman–Crippen LogP) is 4.45. The third-order valence-electron chi connectivity index (χ3n) is 5.38. The first-order valence-corrected chi connectivity index (χ1v) is 13.4.